The second-order valence-electron chi connectivity index (χ2n) is 7.00. The molecule has 0 aliphatic heterocycles. The van der Waals surface area contributed by atoms with Crippen LogP contribution >= 0.6 is 0 Å². The average Bonchev–Trinajstić information content (AvgIpc) is 2.75. The topological polar surface area (TPSA) is 57.7 Å². The molecule has 3 rings (SSSR count). The third kappa shape index (κ3) is 5.11. The van der Waals surface area contributed by atoms with Crippen LogP contribution in [0.4, 0.5) is 10.1 Å². The Kier molecular flexibility index (Phi) is 6.64. The first-order valence-electron chi connectivity index (χ1n) is 9.40. The van der Waals surface area contributed by atoms with Crippen LogP contribution in [0.3, 0.4) is 0 Å². The summed E-state index contributed by atoms with van der Waals surface area (Å²) in [4.78, 5) is 14.4. The number of hydrogen-bond donors (Lipinski definition) is 0. The number of para-hydroxylation sites is 1. The van der Waals surface area contributed by atoms with Gasteiger partial charge in [-0.05, 0) is 48.9 Å². The molecule has 0 aliphatic carbocycles. The minimum absolute atomic E-state index is 0.0507. The third-order valence-corrected chi connectivity index (χ3v) is 6.57. The molecule has 156 valence electrons. The number of aryl methyl sites for hydroxylation is 1. The van der Waals surface area contributed by atoms with Crippen molar-refractivity contribution >= 4 is 21.6 Å². The second kappa shape index (κ2) is 9.19. The number of amides is 1. The summed E-state index contributed by atoms with van der Waals surface area (Å²) in [6.45, 7) is 1.47. The van der Waals surface area contributed by atoms with Crippen LogP contribution in [0.5, 0.6) is 0 Å². The highest BCUT2D eigenvalue weighted by Crippen LogP contribution is 2.20. The van der Waals surface area contributed by atoms with Gasteiger partial charge in [-0.25, -0.2) is 12.8 Å². The lowest BCUT2D eigenvalue weighted by molar-refractivity contribution is -0.118. The third-order valence-electron chi connectivity index (χ3n) is 4.76. The highest BCUT2D eigenvalue weighted by molar-refractivity contribution is 7.89. The maximum Gasteiger partial charge on any atom is 0.243 e. The number of halogens is 1. The molecule has 0 unspecified atom stereocenters. The quantitative estimate of drug-likeness (QED) is 0.574. The Morgan fingerprint density at radius 1 is 0.900 bits per heavy atom. The molecule has 0 fully saturated rings. The van der Waals surface area contributed by atoms with Crippen LogP contribution in [-0.4, -0.2) is 32.2 Å². The van der Waals surface area contributed by atoms with Crippen molar-refractivity contribution in [3.63, 3.8) is 0 Å². The predicted molar refractivity (Wildman–Crippen MR) is 115 cm³/mol. The minimum atomic E-state index is -3.94. The number of benzene rings is 3. The van der Waals surface area contributed by atoms with Crippen molar-refractivity contribution in [1.29, 1.82) is 0 Å². The van der Waals surface area contributed by atoms with E-state index in [0.717, 1.165) is 9.87 Å². The van der Waals surface area contributed by atoms with Gasteiger partial charge in [0.15, 0.2) is 0 Å². The summed E-state index contributed by atoms with van der Waals surface area (Å²) in [5, 5.41) is 0. The average molecular weight is 427 g/mol. The molecule has 5 nitrogen and oxygen atoms in total. The minimum Gasteiger partial charge on any atom is -0.314 e. The summed E-state index contributed by atoms with van der Waals surface area (Å²) >= 11 is 0. The van der Waals surface area contributed by atoms with Crippen LogP contribution in [0.1, 0.15) is 11.1 Å². The highest BCUT2D eigenvalue weighted by atomic mass is 32.2. The molecule has 0 atom stereocenters. The standard InChI is InChI=1S/C23H23FN2O3S/c1-18-8-14-22(15-9-18)30(28,29)26(16-19-10-12-20(24)13-11-19)17-23(27)25(2)21-6-4-3-5-7-21/h3-15H,16-17H2,1-2H3. The second-order valence-corrected chi connectivity index (χ2v) is 8.94. The Morgan fingerprint density at radius 3 is 2.10 bits per heavy atom. The summed E-state index contributed by atoms with van der Waals surface area (Å²) in [7, 11) is -2.34. The molecule has 0 aromatic heterocycles. The van der Waals surface area contributed by atoms with E-state index in [1.807, 2.05) is 13.0 Å². The first-order chi connectivity index (χ1) is 14.3. The fourth-order valence-electron chi connectivity index (χ4n) is 2.93. The van der Waals surface area contributed by atoms with Gasteiger partial charge in [0.2, 0.25) is 15.9 Å². The monoisotopic (exact) mass is 426 g/mol. The van der Waals surface area contributed by atoms with Gasteiger partial charge in [0.05, 0.1) is 11.4 Å². The lowest BCUT2D eigenvalue weighted by Crippen LogP contribution is -2.41. The molecule has 3 aromatic rings. The van der Waals surface area contributed by atoms with Gasteiger partial charge < -0.3 is 4.90 Å². The van der Waals surface area contributed by atoms with Crippen molar-refractivity contribution < 1.29 is 17.6 Å². The van der Waals surface area contributed by atoms with E-state index in [9.17, 15) is 17.6 Å². The summed E-state index contributed by atoms with van der Waals surface area (Å²) < 4.78 is 41.0. The smallest absolute Gasteiger partial charge is 0.243 e. The van der Waals surface area contributed by atoms with Crippen molar-refractivity contribution in [2.75, 3.05) is 18.5 Å². The fourth-order valence-corrected chi connectivity index (χ4v) is 4.31. The maximum absolute atomic E-state index is 13.3. The Labute approximate surface area is 176 Å². The molecule has 0 heterocycles. The fraction of sp³-hybridized carbons (Fsp3) is 0.174. The van der Waals surface area contributed by atoms with Gasteiger partial charge in [-0.15, -0.1) is 0 Å². The lowest BCUT2D eigenvalue weighted by atomic mass is 10.2. The zero-order valence-corrected chi connectivity index (χ0v) is 17.6. The predicted octanol–water partition coefficient (Wildman–Crippen LogP) is 3.99. The van der Waals surface area contributed by atoms with Gasteiger partial charge in [0.1, 0.15) is 5.82 Å². The molecule has 1 amide bonds. The van der Waals surface area contributed by atoms with Crippen LogP contribution < -0.4 is 4.90 Å². The number of likely N-dealkylation sites (N-methyl/N-ethyl adjacent to an activating group) is 1. The van der Waals surface area contributed by atoms with Crippen LogP contribution in [0.15, 0.2) is 83.8 Å². The van der Waals surface area contributed by atoms with Crippen LogP contribution in [-0.2, 0) is 21.4 Å². The van der Waals surface area contributed by atoms with Crippen molar-refractivity contribution in [3.8, 4) is 0 Å². The molecule has 30 heavy (non-hydrogen) atoms. The van der Waals surface area contributed by atoms with E-state index in [1.165, 1.54) is 41.3 Å². The number of sulfonamides is 1. The Morgan fingerprint density at radius 2 is 1.50 bits per heavy atom. The molecular formula is C23H23FN2O3S. The number of nitrogens with zero attached hydrogens (tertiary/aromatic N) is 2. The van der Waals surface area contributed by atoms with Crippen molar-refractivity contribution in [2.24, 2.45) is 0 Å². The van der Waals surface area contributed by atoms with E-state index in [2.05, 4.69) is 0 Å². The van der Waals surface area contributed by atoms with Crippen molar-refractivity contribution in [1.82, 2.24) is 4.31 Å². The summed E-state index contributed by atoms with van der Waals surface area (Å²) in [5.74, 6) is -0.787. The van der Waals surface area contributed by atoms with Crippen LogP contribution in [0.25, 0.3) is 0 Å². The molecule has 0 bridgehead atoms. The molecule has 0 saturated carbocycles. The number of rotatable bonds is 7. The molecule has 0 aliphatic rings. The van der Waals surface area contributed by atoms with Gasteiger partial charge in [-0.3, -0.25) is 4.79 Å². The zero-order chi connectivity index (χ0) is 21.7. The Bertz CT molecular complexity index is 1100. The van der Waals surface area contributed by atoms with Gasteiger partial charge in [0.25, 0.3) is 0 Å². The first kappa shape index (κ1) is 21.7. The van der Waals surface area contributed by atoms with E-state index in [-0.39, 0.29) is 23.9 Å². The molecule has 7 heteroatoms. The largest absolute Gasteiger partial charge is 0.314 e. The van der Waals surface area contributed by atoms with E-state index in [0.29, 0.717) is 11.3 Å². The van der Waals surface area contributed by atoms with Crippen molar-refractivity contribution in [3.05, 3.63) is 95.8 Å². The van der Waals surface area contributed by atoms with Crippen LogP contribution in [0, 0.1) is 12.7 Å². The van der Waals surface area contributed by atoms with E-state index in [4.69, 9.17) is 0 Å². The Balaban J connectivity index is 1.91. The van der Waals surface area contributed by atoms with Gasteiger partial charge in [-0.1, -0.05) is 48.0 Å². The molecule has 0 N–H and O–H groups in total. The van der Waals surface area contributed by atoms with E-state index in [1.54, 1.807) is 43.4 Å². The summed E-state index contributed by atoms with van der Waals surface area (Å²) in [6.07, 6.45) is 0. The first-order valence-corrected chi connectivity index (χ1v) is 10.8. The number of hydrogen-bond acceptors (Lipinski definition) is 3. The number of carbonyl (C=O) groups excluding carboxylic acids is 1. The van der Waals surface area contributed by atoms with Gasteiger partial charge >= 0.3 is 0 Å². The molecule has 0 radical (unpaired) electrons. The maximum atomic E-state index is 13.3. The zero-order valence-electron chi connectivity index (χ0n) is 16.8. The van der Waals surface area contributed by atoms with E-state index >= 15 is 0 Å². The van der Waals surface area contributed by atoms with Crippen molar-refractivity contribution in [2.45, 2.75) is 18.4 Å². The van der Waals surface area contributed by atoms with Crippen LogP contribution in [0.2, 0.25) is 0 Å². The summed E-state index contributed by atoms with van der Waals surface area (Å²) in [5.41, 5.74) is 2.18. The number of anilines is 1. The van der Waals surface area contributed by atoms with Gasteiger partial charge in [0, 0.05) is 19.3 Å². The molecular weight excluding hydrogens is 403 g/mol. The molecule has 0 spiro atoms. The lowest BCUT2D eigenvalue weighted by Gasteiger charge is -2.25. The number of carbonyl (C=O) groups is 1. The van der Waals surface area contributed by atoms with E-state index < -0.39 is 15.8 Å². The summed E-state index contributed by atoms with van der Waals surface area (Å²) in [6, 6.07) is 21.0. The SMILES string of the molecule is Cc1ccc(S(=O)(=O)N(CC(=O)N(C)c2ccccc2)Cc2ccc(F)cc2)cc1. The highest BCUT2D eigenvalue weighted by Gasteiger charge is 2.28. The normalized spacial score (nSPS) is 11.5. The molecule has 0 saturated heterocycles. The molecule has 3 aromatic carbocycles. The van der Waals surface area contributed by atoms with Gasteiger partial charge in [-0.2, -0.15) is 4.31 Å². The Hall–Kier alpha value is -3.03.